The summed E-state index contributed by atoms with van der Waals surface area (Å²) < 4.78 is 56.1. The van der Waals surface area contributed by atoms with Crippen molar-refractivity contribution in [3.63, 3.8) is 0 Å². The number of carbonyl (C=O) groups excluding carboxylic acids is 1. The summed E-state index contributed by atoms with van der Waals surface area (Å²) in [7, 11) is 1.53. The maximum atomic E-state index is 14.1. The molecule has 0 saturated carbocycles. The average molecular weight is 503 g/mol. The molecule has 190 valence electrons. The molecule has 7 nitrogen and oxygen atoms in total. The van der Waals surface area contributed by atoms with Gasteiger partial charge < -0.3 is 21.3 Å². The van der Waals surface area contributed by atoms with Crippen LogP contribution in [0.3, 0.4) is 0 Å². The van der Waals surface area contributed by atoms with Crippen LogP contribution in [-0.2, 0) is 11.3 Å². The summed E-state index contributed by atoms with van der Waals surface area (Å²) >= 11 is 0. The number of nitrogens with two attached hydrogens (primary N) is 1. The minimum Gasteiger partial charge on any atom is -0.396 e. The van der Waals surface area contributed by atoms with Gasteiger partial charge in [-0.25, -0.2) is 9.37 Å². The Hall–Kier alpha value is -3.89. The molecule has 2 aromatic carbocycles. The van der Waals surface area contributed by atoms with E-state index in [1.807, 2.05) is 30.3 Å². The van der Waals surface area contributed by atoms with E-state index < -0.39 is 24.0 Å². The van der Waals surface area contributed by atoms with Crippen molar-refractivity contribution in [2.75, 3.05) is 29.5 Å². The number of hydrogen-bond acceptors (Lipinski definition) is 6. The van der Waals surface area contributed by atoms with Gasteiger partial charge in [0.25, 0.3) is 0 Å². The van der Waals surface area contributed by atoms with Crippen LogP contribution in [0.1, 0.15) is 18.4 Å². The van der Waals surface area contributed by atoms with E-state index >= 15 is 0 Å². The summed E-state index contributed by atoms with van der Waals surface area (Å²) in [6, 6.07) is 12.9. The third-order valence-corrected chi connectivity index (χ3v) is 6.17. The molecule has 2 unspecified atom stereocenters. The standard InChI is InChI=1S/C25H26F4N6O/c1-31-24-33-20(16-7-9-19(30)18(26)11-16)12-22(34-24)35-14-17(8-10-21(35)25(27,28)29)23(36)32-13-15-5-3-2-4-6-15/h2-7,9,11-12,17,21H,8,10,13-14,30H2,1H3,(H,32,36)(H,31,33,34). The number of rotatable bonds is 6. The zero-order chi connectivity index (χ0) is 25.9. The first-order valence-corrected chi connectivity index (χ1v) is 11.4. The number of hydrogen-bond donors (Lipinski definition) is 3. The molecule has 11 heteroatoms. The Balaban J connectivity index is 1.63. The van der Waals surface area contributed by atoms with Gasteiger partial charge in [0.2, 0.25) is 11.9 Å². The van der Waals surface area contributed by atoms with E-state index in [-0.39, 0.29) is 55.0 Å². The lowest BCUT2D eigenvalue weighted by atomic mass is 9.91. The molecule has 1 aromatic heterocycles. The van der Waals surface area contributed by atoms with E-state index in [1.54, 1.807) is 0 Å². The molecular weight excluding hydrogens is 476 g/mol. The highest BCUT2D eigenvalue weighted by Crippen LogP contribution is 2.37. The first-order chi connectivity index (χ1) is 17.2. The van der Waals surface area contributed by atoms with Crippen molar-refractivity contribution >= 4 is 23.4 Å². The number of halogens is 4. The molecule has 4 N–H and O–H groups in total. The Morgan fingerprint density at radius 3 is 2.53 bits per heavy atom. The molecule has 0 radical (unpaired) electrons. The lowest BCUT2D eigenvalue weighted by Crippen LogP contribution is -2.54. The lowest BCUT2D eigenvalue weighted by Gasteiger charge is -2.40. The number of benzene rings is 2. The lowest BCUT2D eigenvalue weighted by molar-refractivity contribution is -0.156. The fraction of sp³-hybridized carbons (Fsp3) is 0.320. The van der Waals surface area contributed by atoms with Gasteiger partial charge in [0, 0.05) is 31.8 Å². The quantitative estimate of drug-likeness (QED) is 0.342. The number of aromatic nitrogens is 2. The first kappa shape index (κ1) is 25.2. The van der Waals surface area contributed by atoms with Gasteiger partial charge in [-0.1, -0.05) is 36.4 Å². The molecule has 36 heavy (non-hydrogen) atoms. The van der Waals surface area contributed by atoms with Crippen molar-refractivity contribution in [1.29, 1.82) is 0 Å². The molecule has 3 aromatic rings. The molecule has 1 aliphatic rings. The minimum absolute atomic E-state index is 0.00975. The Morgan fingerprint density at radius 2 is 1.86 bits per heavy atom. The predicted octanol–water partition coefficient (Wildman–Crippen LogP) is 4.37. The summed E-state index contributed by atoms with van der Waals surface area (Å²) in [5, 5.41) is 5.56. The SMILES string of the molecule is CNc1nc(-c2ccc(N)c(F)c2)cc(N2CC(C(=O)NCc3ccccc3)CCC2C(F)(F)F)n1. The van der Waals surface area contributed by atoms with Crippen LogP contribution in [0.25, 0.3) is 11.3 Å². The molecule has 1 aliphatic heterocycles. The Bertz CT molecular complexity index is 1220. The summed E-state index contributed by atoms with van der Waals surface area (Å²) in [4.78, 5) is 22.5. The zero-order valence-corrected chi connectivity index (χ0v) is 19.5. The Labute approximate surface area is 205 Å². The highest BCUT2D eigenvalue weighted by atomic mass is 19.4. The number of carbonyl (C=O) groups is 1. The van der Waals surface area contributed by atoms with Crippen molar-refractivity contribution in [3.8, 4) is 11.3 Å². The molecule has 0 spiro atoms. The van der Waals surface area contributed by atoms with Gasteiger partial charge in [-0.3, -0.25) is 4.79 Å². The molecule has 1 fully saturated rings. The van der Waals surface area contributed by atoms with Gasteiger partial charge in [-0.2, -0.15) is 18.2 Å². The third-order valence-electron chi connectivity index (χ3n) is 6.17. The Morgan fingerprint density at radius 1 is 1.11 bits per heavy atom. The van der Waals surface area contributed by atoms with Crippen LogP contribution >= 0.6 is 0 Å². The van der Waals surface area contributed by atoms with Gasteiger partial charge in [0.1, 0.15) is 17.7 Å². The second kappa shape index (κ2) is 10.4. The predicted molar refractivity (Wildman–Crippen MR) is 130 cm³/mol. The molecule has 1 saturated heterocycles. The van der Waals surface area contributed by atoms with E-state index in [0.29, 0.717) is 5.56 Å². The maximum Gasteiger partial charge on any atom is 0.408 e. The number of amides is 1. The second-order valence-electron chi connectivity index (χ2n) is 8.61. The van der Waals surface area contributed by atoms with Crippen molar-refractivity contribution in [2.45, 2.75) is 31.6 Å². The number of anilines is 3. The molecule has 4 rings (SSSR count). The number of nitrogen functional groups attached to an aromatic ring is 1. The van der Waals surface area contributed by atoms with E-state index in [0.717, 1.165) is 16.5 Å². The van der Waals surface area contributed by atoms with Crippen LogP contribution in [0.15, 0.2) is 54.6 Å². The van der Waals surface area contributed by atoms with Crippen LogP contribution in [0.4, 0.5) is 35.0 Å². The fourth-order valence-corrected chi connectivity index (χ4v) is 4.24. The van der Waals surface area contributed by atoms with Crippen molar-refractivity contribution < 1.29 is 22.4 Å². The van der Waals surface area contributed by atoms with Crippen LogP contribution < -0.4 is 21.3 Å². The Kier molecular flexibility index (Phi) is 7.27. The van der Waals surface area contributed by atoms with Crippen molar-refractivity contribution in [3.05, 3.63) is 66.0 Å². The third kappa shape index (κ3) is 5.67. The summed E-state index contributed by atoms with van der Waals surface area (Å²) in [5.74, 6) is -1.60. The van der Waals surface area contributed by atoms with E-state index in [9.17, 15) is 22.4 Å². The van der Waals surface area contributed by atoms with Gasteiger partial charge in [0.15, 0.2) is 0 Å². The van der Waals surface area contributed by atoms with Gasteiger partial charge in [0.05, 0.1) is 17.3 Å². The molecule has 2 heterocycles. The number of nitrogens with zero attached hydrogens (tertiary/aromatic N) is 3. The topological polar surface area (TPSA) is 96.2 Å². The first-order valence-electron chi connectivity index (χ1n) is 11.4. The minimum atomic E-state index is -4.54. The van der Waals surface area contributed by atoms with Crippen LogP contribution in [-0.4, -0.2) is 41.7 Å². The van der Waals surface area contributed by atoms with Crippen LogP contribution in [0, 0.1) is 11.7 Å². The second-order valence-corrected chi connectivity index (χ2v) is 8.61. The molecule has 1 amide bonds. The smallest absolute Gasteiger partial charge is 0.396 e. The summed E-state index contributed by atoms with van der Waals surface area (Å²) in [5.41, 5.74) is 6.94. The largest absolute Gasteiger partial charge is 0.408 e. The average Bonchev–Trinajstić information content (AvgIpc) is 2.88. The van der Waals surface area contributed by atoms with Gasteiger partial charge in [-0.05, 0) is 30.5 Å². The zero-order valence-electron chi connectivity index (χ0n) is 19.5. The molecule has 0 bridgehead atoms. The molecular formula is C25H26F4N6O. The maximum absolute atomic E-state index is 14.1. The molecule has 0 aliphatic carbocycles. The van der Waals surface area contributed by atoms with Crippen LogP contribution in [0.5, 0.6) is 0 Å². The molecule has 2 atom stereocenters. The summed E-state index contributed by atoms with van der Waals surface area (Å²) in [6.45, 7) is 0.101. The van der Waals surface area contributed by atoms with Crippen LogP contribution in [0.2, 0.25) is 0 Å². The van der Waals surface area contributed by atoms with E-state index in [2.05, 4.69) is 20.6 Å². The summed E-state index contributed by atoms with van der Waals surface area (Å²) in [6.07, 6.45) is -4.72. The fourth-order valence-electron chi connectivity index (χ4n) is 4.24. The number of alkyl halides is 3. The normalized spacial score (nSPS) is 18.1. The van der Waals surface area contributed by atoms with Gasteiger partial charge >= 0.3 is 6.18 Å². The number of piperidine rings is 1. The van der Waals surface area contributed by atoms with Crippen molar-refractivity contribution in [1.82, 2.24) is 15.3 Å². The van der Waals surface area contributed by atoms with E-state index in [1.165, 1.54) is 25.2 Å². The highest BCUT2D eigenvalue weighted by molar-refractivity contribution is 5.79. The van der Waals surface area contributed by atoms with Crippen molar-refractivity contribution in [2.24, 2.45) is 5.92 Å². The number of nitrogens with one attached hydrogen (secondary N) is 2. The highest BCUT2D eigenvalue weighted by Gasteiger charge is 2.48. The monoisotopic (exact) mass is 502 g/mol. The van der Waals surface area contributed by atoms with E-state index in [4.69, 9.17) is 5.73 Å². The van der Waals surface area contributed by atoms with Gasteiger partial charge in [-0.15, -0.1) is 0 Å².